The molecule has 0 aliphatic carbocycles. The number of ether oxygens (including phenoxy) is 2. The third-order valence-corrected chi connectivity index (χ3v) is 3.79. The lowest BCUT2D eigenvalue weighted by atomic mass is 9.84. The second-order valence-electron chi connectivity index (χ2n) is 5.44. The van der Waals surface area contributed by atoms with E-state index in [1.807, 2.05) is 20.8 Å². The van der Waals surface area contributed by atoms with Crippen molar-refractivity contribution in [2.45, 2.75) is 38.2 Å². The first-order valence-electron chi connectivity index (χ1n) is 6.04. The summed E-state index contributed by atoms with van der Waals surface area (Å²) >= 11 is 0. The lowest BCUT2D eigenvalue weighted by molar-refractivity contribution is -0.0695. The summed E-state index contributed by atoms with van der Waals surface area (Å²) in [6, 6.07) is 5.12. The van der Waals surface area contributed by atoms with E-state index < -0.39 is 15.9 Å². The highest BCUT2D eigenvalue weighted by molar-refractivity contribution is 7.85. The number of hydrogen-bond donors (Lipinski definition) is 1. The zero-order chi connectivity index (χ0) is 14.3. The molecule has 0 bridgehead atoms. The quantitative estimate of drug-likeness (QED) is 0.843. The minimum Gasteiger partial charge on any atom is -0.465 e. The van der Waals surface area contributed by atoms with Crippen molar-refractivity contribution >= 4 is 10.1 Å². The van der Waals surface area contributed by atoms with Gasteiger partial charge in [0.15, 0.2) is 6.29 Å². The summed E-state index contributed by atoms with van der Waals surface area (Å²) in [6.07, 6.45) is -0.340. The molecule has 106 valence electrons. The van der Waals surface area contributed by atoms with Crippen LogP contribution in [0.2, 0.25) is 0 Å². The molecule has 1 unspecified atom stereocenters. The average molecular weight is 286 g/mol. The highest BCUT2D eigenvalue weighted by atomic mass is 32.2. The second kappa shape index (κ2) is 4.77. The number of hydrogen-bond acceptors (Lipinski definition) is 4. The first-order chi connectivity index (χ1) is 8.67. The summed E-state index contributed by atoms with van der Waals surface area (Å²) in [5, 5.41) is 0. The van der Waals surface area contributed by atoms with E-state index in [1.165, 1.54) is 0 Å². The SMILES string of the molecule is CC1OCC(C)(C)c2cc(CS(=O)(=O)O)ccc2O1. The maximum atomic E-state index is 10.9. The van der Waals surface area contributed by atoms with Crippen LogP contribution in [0.1, 0.15) is 31.9 Å². The van der Waals surface area contributed by atoms with Gasteiger partial charge in [-0.15, -0.1) is 0 Å². The number of rotatable bonds is 2. The molecule has 1 aliphatic rings. The Balaban J connectivity index is 2.45. The fourth-order valence-electron chi connectivity index (χ4n) is 2.13. The zero-order valence-electron chi connectivity index (χ0n) is 11.2. The predicted octanol–water partition coefficient (Wildman–Crippen LogP) is 2.11. The Bertz CT molecular complexity index is 577. The van der Waals surface area contributed by atoms with Crippen LogP contribution in [0.25, 0.3) is 0 Å². The molecule has 0 saturated carbocycles. The van der Waals surface area contributed by atoms with Gasteiger partial charge in [-0.3, -0.25) is 4.55 Å². The topological polar surface area (TPSA) is 72.8 Å². The predicted molar refractivity (Wildman–Crippen MR) is 70.8 cm³/mol. The van der Waals surface area contributed by atoms with E-state index in [2.05, 4.69) is 0 Å². The molecule has 1 atom stereocenters. The van der Waals surface area contributed by atoms with Crippen molar-refractivity contribution in [3.8, 4) is 5.75 Å². The molecule has 0 radical (unpaired) electrons. The molecule has 19 heavy (non-hydrogen) atoms. The van der Waals surface area contributed by atoms with E-state index in [9.17, 15) is 8.42 Å². The standard InChI is InChI=1S/C13H18O5S/c1-9-17-8-13(2,3)11-6-10(7-19(14,15)16)4-5-12(11)18-9/h4-6,9H,7-8H2,1-3H3,(H,14,15,16). The normalized spacial score (nSPS) is 22.2. The molecular formula is C13H18O5S. The molecule has 2 rings (SSSR count). The van der Waals surface area contributed by atoms with Gasteiger partial charge in [-0.2, -0.15) is 8.42 Å². The molecular weight excluding hydrogens is 268 g/mol. The molecule has 1 N–H and O–H groups in total. The molecule has 0 amide bonds. The molecule has 6 heteroatoms. The molecule has 1 aliphatic heterocycles. The summed E-state index contributed by atoms with van der Waals surface area (Å²) in [6.45, 7) is 6.31. The Morgan fingerprint density at radius 3 is 2.74 bits per heavy atom. The van der Waals surface area contributed by atoms with Crippen LogP contribution in [0.4, 0.5) is 0 Å². The van der Waals surface area contributed by atoms with Crippen LogP contribution >= 0.6 is 0 Å². The number of fused-ring (bicyclic) bond motifs is 1. The zero-order valence-corrected chi connectivity index (χ0v) is 12.0. The van der Waals surface area contributed by atoms with Gasteiger partial charge < -0.3 is 9.47 Å². The van der Waals surface area contributed by atoms with E-state index in [0.29, 0.717) is 17.9 Å². The molecule has 0 spiro atoms. The van der Waals surface area contributed by atoms with Crippen LogP contribution in [0.15, 0.2) is 18.2 Å². The first kappa shape index (κ1) is 14.3. The molecule has 1 heterocycles. The van der Waals surface area contributed by atoms with Crippen molar-refractivity contribution in [1.82, 2.24) is 0 Å². The third-order valence-electron chi connectivity index (χ3n) is 3.09. The maximum Gasteiger partial charge on any atom is 0.269 e. The van der Waals surface area contributed by atoms with Crippen LogP contribution in [-0.4, -0.2) is 25.9 Å². The molecule has 1 aromatic rings. The van der Waals surface area contributed by atoms with Gasteiger partial charge in [-0.1, -0.05) is 26.0 Å². The van der Waals surface area contributed by atoms with E-state index in [4.69, 9.17) is 14.0 Å². The van der Waals surface area contributed by atoms with Gasteiger partial charge in [0, 0.05) is 11.0 Å². The van der Waals surface area contributed by atoms with Gasteiger partial charge >= 0.3 is 0 Å². The molecule has 0 aromatic heterocycles. The van der Waals surface area contributed by atoms with Crippen LogP contribution in [0, 0.1) is 0 Å². The smallest absolute Gasteiger partial charge is 0.269 e. The Hall–Kier alpha value is -1.11. The largest absolute Gasteiger partial charge is 0.465 e. The van der Waals surface area contributed by atoms with E-state index in [0.717, 1.165) is 5.56 Å². The average Bonchev–Trinajstić information content (AvgIpc) is 2.36. The van der Waals surface area contributed by atoms with E-state index in [1.54, 1.807) is 18.2 Å². The van der Waals surface area contributed by atoms with Gasteiger partial charge in [0.05, 0.1) is 6.61 Å². The summed E-state index contributed by atoms with van der Waals surface area (Å²) in [7, 11) is -4.03. The summed E-state index contributed by atoms with van der Waals surface area (Å²) in [5.41, 5.74) is 1.14. The van der Waals surface area contributed by atoms with Gasteiger partial charge in [0.1, 0.15) is 11.5 Å². The Morgan fingerprint density at radius 1 is 1.42 bits per heavy atom. The molecule has 0 fully saturated rings. The fourth-order valence-corrected chi connectivity index (χ4v) is 2.73. The van der Waals surface area contributed by atoms with Crippen LogP contribution in [0.5, 0.6) is 5.75 Å². The van der Waals surface area contributed by atoms with Crippen molar-refractivity contribution in [1.29, 1.82) is 0 Å². The summed E-state index contributed by atoms with van der Waals surface area (Å²) in [4.78, 5) is 0. The molecule has 5 nitrogen and oxygen atoms in total. The Kier molecular flexibility index (Phi) is 3.59. The minimum absolute atomic E-state index is 0.282. The van der Waals surface area contributed by atoms with Crippen molar-refractivity contribution in [2.24, 2.45) is 0 Å². The van der Waals surface area contributed by atoms with Crippen LogP contribution < -0.4 is 4.74 Å². The van der Waals surface area contributed by atoms with Gasteiger partial charge in [-0.05, 0) is 18.6 Å². The highest BCUT2D eigenvalue weighted by Crippen LogP contribution is 2.36. The fraction of sp³-hybridized carbons (Fsp3) is 0.538. The Labute approximate surface area is 113 Å². The third kappa shape index (κ3) is 3.46. The minimum atomic E-state index is -4.03. The van der Waals surface area contributed by atoms with Crippen LogP contribution in [0.3, 0.4) is 0 Å². The summed E-state index contributed by atoms with van der Waals surface area (Å²) in [5.74, 6) is 0.293. The van der Waals surface area contributed by atoms with Crippen molar-refractivity contribution in [2.75, 3.05) is 6.61 Å². The lowest BCUT2D eigenvalue weighted by Crippen LogP contribution is -2.24. The van der Waals surface area contributed by atoms with E-state index >= 15 is 0 Å². The number of benzene rings is 1. The van der Waals surface area contributed by atoms with E-state index in [-0.39, 0.29) is 11.7 Å². The van der Waals surface area contributed by atoms with Gasteiger partial charge in [0.25, 0.3) is 10.1 Å². The van der Waals surface area contributed by atoms with Crippen molar-refractivity contribution in [3.05, 3.63) is 29.3 Å². The van der Waals surface area contributed by atoms with Crippen molar-refractivity contribution in [3.63, 3.8) is 0 Å². The van der Waals surface area contributed by atoms with Crippen LogP contribution in [-0.2, 0) is 26.0 Å². The second-order valence-corrected chi connectivity index (χ2v) is 6.89. The molecule has 1 aromatic carbocycles. The molecule has 0 saturated heterocycles. The monoisotopic (exact) mass is 286 g/mol. The summed E-state index contributed by atoms with van der Waals surface area (Å²) < 4.78 is 42.0. The van der Waals surface area contributed by atoms with Crippen molar-refractivity contribution < 1.29 is 22.4 Å². The Morgan fingerprint density at radius 2 is 2.11 bits per heavy atom. The maximum absolute atomic E-state index is 10.9. The van der Waals surface area contributed by atoms with Gasteiger partial charge in [-0.25, -0.2) is 0 Å². The lowest BCUT2D eigenvalue weighted by Gasteiger charge is -2.23. The first-order valence-corrected chi connectivity index (χ1v) is 7.65. The van der Waals surface area contributed by atoms with Gasteiger partial charge in [0.2, 0.25) is 0 Å². The highest BCUT2D eigenvalue weighted by Gasteiger charge is 2.30.